The zero-order chi connectivity index (χ0) is 13.4. The van der Waals surface area contributed by atoms with Crippen molar-refractivity contribution >= 4 is 0 Å². The molecule has 4 nitrogen and oxygen atoms in total. The minimum Gasteiger partial charge on any atom is -0.311 e. The van der Waals surface area contributed by atoms with E-state index in [9.17, 15) is 0 Å². The summed E-state index contributed by atoms with van der Waals surface area (Å²) in [6.45, 7) is 14.2. The van der Waals surface area contributed by atoms with Crippen molar-refractivity contribution < 1.29 is 0 Å². The predicted octanol–water partition coefficient (Wildman–Crippen LogP) is 2.29. The highest BCUT2D eigenvalue weighted by molar-refractivity contribution is 5.03. The van der Waals surface area contributed by atoms with Gasteiger partial charge in [0.15, 0.2) is 0 Å². The van der Waals surface area contributed by atoms with E-state index in [0.717, 1.165) is 26.2 Å². The third-order valence-corrected chi connectivity index (χ3v) is 3.11. The van der Waals surface area contributed by atoms with Gasteiger partial charge >= 0.3 is 0 Å². The molecule has 1 heterocycles. The smallest absolute Gasteiger partial charge is 0.0534 e. The van der Waals surface area contributed by atoms with Gasteiger partial charge in [0, 0.05) is 37.4 Å². The molecule has 0 aliphatic carbocycles. The van der Waals surface area contributed by atoms with Gasteiger partial charge in [0.1, 0.15) is 0 Å². The second-order valence-electron chi connectivity index (χ2n) is 5.03. The van der Waals surface area contributed by atoms with Gasteiger partial charge in [-0.1, -0.05) is 13.8 Å². The fourth-order valence-electron chi connectivity index (χ4n) is 1.97. The maximum Gasteiger partial charge on any atom is 0.0534 e. The van der Waals surface area contributed by atoms with Gasteiger partial charge in [0.25, 0.3) is 0 Å². The van der Waals surface area contributed by atoms with Crippen molar-refractivity contribution in [2.24, 2.45) is 0 Å². The first-order valence-electron chi connectivity index (χ1n) is 7.13. The molecule has 0 bridgehead atoms. The van der Waals surface area contributed by atoms with E-state index in [-0.39, 0.29) is 0 Å². The molecule has 0 radical (unpaired) electrons. The van der Waals surface area contributed by atoms with Crippen LogP contribution in [0, 0.1) is 0 Å². The predicted molar refractivity (Wildman–Crippen MR) is 76.7 cm³/mol. The van der Waals surface area contributed by atoms with Crippen LogP contribution < -0.4 is 5.32 Å². The largest absolute Gasteiger partial charge is 0.311 e. The molecule has 0 amide bonds. The van der Waals surface area contributed by atoms with E-state index in [2.05, 4.69) is 49.2 Å². The lowest BCUT2D eigenvalue weighted by Gasteiger charge is -2.19. The highest BCUT2D eigenvalue weighted by atomic mass is 15.3. The second-order valence-corrected chi connectivity index (χ2v) is 5.03. The maximum absolute atomic E-state index is 4.34. The van der Waals surface area contributed by atoms with Crippen molar-refractivity contribution in [2.75, 3.05) is 26.2 Å². The molecule has 0 aromatic carbocycles. The van der Waals surface area contributed by atoms with Gasteiger partial charge in [-0.2, -0.15) is 5.10 Å². The molecule has 0 saturated heterocycles. The Morgan fingerprint density at radius 3 is 2.67 bits per heavy atom. The Balaban J connectivity index is 2.20. The summed E-state index contributed by atoms with van der Waals surface area (Å²) in [5.41, 5.74) is 1.27. The second kappa shape index (κ2) is 8.27. The fraction of sp³-hybridized carbons (Fsp3) is 0.786. The Hall–Kier alpha value is -0.870. The van der Waals surface area contributed by atoms with E-state index in [0.29, 0.717) is 6.04 Å². The molecule has 104 valence electrons. The van der Waals surface area contributed by atoms with Crippen molar-refractivity contribution in [3.05, 3.63) is 18.0 Å². The molecule has 0 aliphatic rings. The highest BCUT2D eigenvalue weighted by Gasteiger charge is 2.02. The monoisotopic (exact) mass is 252 g/mol. The number of hydrogen-bond acceptors (Lipinski definition) is 3. The third-order valence-electron chi connectivity index (χ3n) is 3.11. The fourth-order valence-corrected chi connectivity index (χ4v) is 1.97. The SMILES string of the molecule is CCCN(CC)CCNCc1cnn(C(C)C)c1. The van der Waals surface area contributed by atoms with Gasteiger partial charge in [-0.3, -0.25) is 4.68 Å². The van der Waals surface area contributed by atoms with Gasteiger partial charge in [-0.25, -0.2) is 0 Å². The van der Waals surface area contributed by atoms with Crippen LogP contribution in [0.15, 0.2) is 12.4 Å². The lowest BCUT2D eigenvalue weighted by molar-refractivity contribution is 0.287. The number of nitrogens with zero attached hydrogens (tertiary/aromatic N) is 3. The number of likely N-dealkylation sites (N-methyl/N-ethyl adjacent to an activating group) is 1. The molecule has 0 saturated carbocycles. The van der Waals surface area contributed by atoms with Crippen LogP contribution in [-0.4, -0.2) is 40.9 Å². The molecule has 1 aromatic rings. The Morgan fingerprint density at radius 1 is 1.33 bits per heavy atom. The molecule has 1 rings (SSSR count). The van der Waals surface area contributed by atoms with Crippen LogP contribution in [0.25, 0.3) is 0 Å². The number of rotatable bonds is 9. The zero-order valence-electron chi connectivity index (χ0n) is 12.3. The molecule has 0 fully saturated rings. The maximum atomic E-state index is 4.34. The topological polar surface area (TPSA) is 33.1 Å². The standard InChI is InChI=1S/C14H28N4/c1-5-8-17(6-2)9-7-15-10-14-11-16-18(12-14)13(3)4/h11-13,15H,5-10H2,1-4H3. The third kappa shape index (κ3) is 5.19. The minimum absolute atomic E-state index is 0.443. The Kier molecular flexibility index (Phi) is 6.98. The molecule has 1 N–H and O–H groups in total. The average molecular weight is 252 g/mol. The molecule has 1 aromatic heterocycles. The van der Waals surface area contributed by atoms with E-state index in [4.69, 9.17) is 0 Å². The minimum atomic E-state index is 0.443. The summed E-state index contributed by atoms with van der Waals surface area (Å²) in [5.74, 6) is 0. The molecule has 0 atom stereocenters. The molecular weight excluding hydrogens is 224 g/mol. The zero-order valence-corrected chi connectivity index (χ0v) is 12.3. The van der Waals surface area contributed by atoms with Crippen molar-refractivity contribution in [1.82, 2.24) is 20.0 Å². The molecule has 0 aliphatic heterocycles. The van der Waals surface area contributed by atoms with E-state index < -0.39 is 0 Å². The molecule has 0 spiro atoms. The van der Waals surface area contributed by atoms with Crippen molar-refractivity contribution in [3.63, 3.8) is 0 Å². The van der Waals surface area contributed by atoms with Crippen LogP contribution >= 0.6 is 0 Å². The van der Waals surface area contributed by atoms with E-state index >= 15 is 0 Å². The quantitative estimate of drug-likeness (QED) is 0.685. The van der Waals surface area contributed by atoms with Gasteiger partial charge in [-0.05, 0) is 33.4 Å². The summed E-state index contributed by atoms with van der Waals surface area (Å²) < 4.78 is 2.01. The van der Waals surface area contributed by atoms with Gasteiger partial charge in [0.05, 0.1) is 6.20 Å². The summed E-state index contributed by atoms with van der Waals surface area (Å²) in [7, 11) is 0. The Labute approximate surface area is 111 Å². The summed E-state index contributed by atoms with van der Waals surface area (Å²) in [6.07, 6.45) is 5.31. The number of hydrogen-bond donors (Lipinski definition) is 1. The van der Waals surface area contributed by atoms with Crippen LogP contribution in [0.5, 0.6) is 0 Å². The van der Waals surface area contributed by atoms with Gasteiger partial charge < -0.3 is 10.2 Å². The first-order chi connectivity index (χ1) is 8.67. The number of aromatic nitrogens is 2. The molecule has 18 heavy (non-hydrogen) atoms. The van der Waals surface area contributed by atoms with Gasteiger partial charge in [-0.15, -0.1) is 0 Å². The van der Waals surface area contributed by atoms with Crippen molar-refractivity contribution in [2.45, 2.75) is 46.7 Å². The lowest BCUT2D eigenvalue weighted by Crippen LogP contribution is -2.32. The summed E-state index contributed by atoms with van der Waals surface area (Å²) in [4.78, 5) is 2.48. The van der Waals surface area contributed by atoms with E-state index in [1.54, 1.807) is 0 Å². The first kappa shape index (κ1) is 15.2. The Bertz CT molecular complexity index is 319. The number of nitrogens with one attached hydrogen (secondary N) is 1. The molecule has 4 heteroatoms. The summed E-state index contributed by atoms with van der Waals surface area (Å²) in [6, 6.07) is 0.443. The van der Waals surface area contributed by atoms with E-state index in [1.807, 2.05) is 10.9 Å². The average Bonchev–Trinajstić information content (AvgIpc) is 2.82. The normalized spacial score (nSPS) is 11.7. The molecule has 0 unspecified atom stereocenters. The van der Waals surface area contributed by atoms with Crippen LogP contribution in [0.2, 0.25) is 0 Å². The van der Waals surface area contributed by atoms with Crippen LogP contribution in [0.4, 0.5) is 0 Å². The van der Waals surface area contributed by atoms with Crippen molar-refractivity contribution in [1.29, 1.82) is 0 Å². The lowest BCUT2D eigenvalue weighted by atomic mass is 10.3. The first-order valence-corrected chi connectivity index (χ1v) is 7.13. The van der Waals surface area contributed by atoms with Crippen LogP contribution in [0.1, 0.15) is 45.7 Å². The summed E-state index contributed by atoms with van der Waals surface area (Å²) in [5, 5.41) is 7.82. The summed E-state index contributed by atoms with van der Waals surface area (Å²) >= 11 is 0. The van der Waals surface area contributed by atoms with Crippen LogP contribution in [-0.2, 0) is 6.54 Å². The van der Waals surface area contributed by atoms with Crippen molar-refractivity contribution in [3.8, 4) is 0 Å². The highest BCUT2D eigenvalue weighted by Crippen LogP contribution is 2.04. The Morgan fingerprint density at radius 2 is 2.11 bits per heavy atom. The van der Waals surface area contributed by atoms with Crippen LogP contribution in [0.3, 0.4) is 0 Å². The molecular formula is C14H28N4. The van der Waals surface area contributed by atoms with E-state index in [1.165, 1.54) is 18.5 Å². The van der Waals surface area contributed by atoms with Gasteiger partial charge in [0.2, 0.25) is 0 Å².